The monoisotopic (exact) mass is 380 g/mol. The van der Waals surface area contributed by atoms with Gasteiger partial charge >= 0.3 is 0 Å². The molecule has 0 aliphatic heterocycles. The molecule has 0 atom stereocenters. The normalized spacial score (nSPS) is 11.1. The number of carbonyl (C=O) groups excluding carboxylic acids is 1. The summed E-state index contributed by atoms with van der Waals surface area (Å²) in [6.45, 7) is 0.231. The second-order valence-corrected chi connectivity index (χ2v) is 7.84. The van der Waals surface area contributed by atoms with Crippen LogP contribution in [0.1, 0.15) is 15.9 Å². The van der Waals surface area contributed by atoms with Gasteiger partial charge in [-0.2, -0.15) is 0 Å². The Balaban J connectivity index is 1.79. The molecule has 3 aromatic carbocycles. The maximum atomic E-state index is 12.7. The molecule has 0 aliphatic rings. The summed E-state index contributed by atoms with van der Waals surface area (Å²) >= 11 is 0. The fourth-order valence-electron chi connectivity index (χ4n) is 2.77. The highest BCUT2D eigenvalue weighted by Gasteiger charge is 2.14. The van der Waals surface area contributed by atoms with Gasteiger partial charge in [-0.25, -0.2) is 13.1 Å². The first-order chi connectivity index (χ1) is 13.0. The van der Waals surface area contributed by atoms with Crippen molar-refractivity contribution in [3.63, 3.8) is 0 Å². The van der Waals surface area contributed by atoms with Crippen molar-refractivity contribution in [2.24, 2.45) is 0 Å². The number of amides is 1. The summed E-state index contributed by atoms with van der Waals surface area (Å²) in [5.41, 5.74) is 3.09. The molecule has 6 heteroatoms. The Labute approximate surface area is 159 Å². The predicted octanol–water partition coefficient (Wildman–Crippen LogP) is 3.19. The van der Waals surface area contributed by atoms with Gasteiger partial charge in [0, 0.05) is 12.1 Å². The van der Waals surface area contributed by atoms with Crippen LogP contribution < -0.4 is 10.0 Å². The average molecular weight is 380 g/mol. The third kappa shape index (κ3) is 4.42. The number of sulfonamides is 1. The fraction of sp³-hybridized carbons (Fsp3) is 0.0952. The van der Waals surface area contributed by atoms with Gasteiger partial charge in [0.25, 0.3) is 5.91 Å². The van der Waals surface area contributed by atoms with Gasteiger partial charge in [0.1, 0.15) is 0 Å². The highest BCUT2D eigenvalue weighted by molar-refractivity contribution is 7.89. The Bertz CT molecular complexity index is 1050. The van der Waals surface area contributed by atoms with Gasteiger partial charge in [-0.05, 0) is 41.9 Å². The van der Waals surface area contributed by atoms with E-state index in [0.29, 0.717) is 11.1 Å². The van der Waals surface area contributed by atoms with E-state index in [4.69, 9.17) is 0 Å². The van der Waals surface area contributed by atoms with Gasteiger partial charge in [0.2, 0.25) is 10.0 Å². The minimum absolute atomic E-state index is 0.168. The van der Waals surface area contributed by atoms with Crippen LogP contribution in [0.25, 0.3) is 11.1 Å². The minimum atomic E-state index is -3.52. The average Bonchev–Trinajstić information content (AvgIpc) is 2.73. The molecule has 0 radical (unpaired) electrons. The quantitative estimate of drug-likeness (QED) is 0.690. The highest BCUT2D eigenvalue weighted by atomic mass is 32.2. The Morgan fingerprint density at radius 3 is 2.33 bits per heavy atom. The number of rotatable bonds is 6. The van der Waals surface area contributed by atoms with Crippen molar-refractivity contribution >= 4 is 15.9 Å². The first-order valence-corrected chi connectivity index (χ1v) is 9.95. The molecule has 0 spiro atoms. The Morgan fingerprint density at radius 2 is 1.59 bits per heavy atom. The molecule has 2 N–H and O–H groups in total. The lowest BCUT2D eigenvalue weighted by atomic mass is 9.99. The zero-order valence-corrected chi connectivity index (χ0v) is 15.7. The zero-order valence-electron chi connectivity index (χ0n) is 14.8. The molecule has 1 amide bonds. The molecule has 138 valence electrons. The van der Waals surface area contributed by atoms with E-state index in [2.05, 4.69) is 10.0 Å². The van der Waals surface area contributed by atoms with Crippen LogP contribution in [0.15, 0.2) is 83.8 Å². The molecular weight excluding hydrogens is 360 g/mol. The summed E-state index contributed by atoms with van der Waals surface area (Å²) in [7, 11) is -2.15. The lowest BCUT2D eigenvalue weighted by Crippen LogP contribution is -2.24. The lowest BCUT2D eigenvalue weighted by Gasteiger charge is -2.11. The van der Waals surface area contributed by atoms with Crippen LogP contribution in [0.5, 0.6) is 0 Å². The number of nitrogens with one attached hydrogen (secondary N) is 2. The highest BCUT2D eigenvalue weighted by Crippen LogP contribution is 2.23. The predicted molar refractivity (Wildman–Crippen MR) is 106 cm³/mol. The number of hydrogen-bond acceptors (Lipinski definition) is 3. The van der Waals surface area contributed by atoms with Crippen molar-refractivity contribution in [1.82, 2.24) is 10.0 Å². The van der Waals surface area contributed by atoms with Gasteiger partial charge < -0.3 is 5.32 Å². The maximum absolute atomic E-state index is 12.7. The molecule has 3 aromatic rings. The van der Waals surface area contributed by atoms with E-state index in [0.717, 1.165) is 11.1 Å². The van der Waals surface area contributed by atoms with Gasteiger partial charge in [0.15, 0.2) is 0 Å². The minimum Gasteiger partial charge on any atom is -0.348 e. The SMILES string of the molecule is CNS(=O)(=O)c1cccc(CNC(=O)c2ccccc2-c2ccccc2)c1. The molecular formula is C21H20N2O3S. The number of carbonyl (C=O) groups is 1. The summed E-state index contributed by atoms with van der Waals surface area (Å²) in [6.07, 6.45) is 0. The van der Waals surface area contributed by atoms with Crippen molar-refractivity contribution < 1.29 is 13.2 Å². The molecule has 0 heterocycles. The summed E-state index contributed by atoms with van der Waals surface area (Å²) in [6, 6.07) is 23.6. The molecule has 0 bridgehead atoms. The van der Waals surface area contributed by atoms with Crippen molar-refractivity contribution in [2.75, 3.05) is 7.05 Å². The molecule has 5 nitrogen and oxygen atoms in total. The Kier molecular flexibility index (Phi) is 5.69. The van der Waals surface area contributed by atoms with E-state index >= 15 is 0 Å². The molecule has 0 unspecified atom stereocenters. The molecule has 27 heavy (non-hydrogen) atoms. The van der Waals surface area contributed by atoms with E-state index in [1.54, 1.807) is 24.3 Å². The van der Waals surface area contributed by atoms with Crippen LogP contribution in [-0.2, 0) is 16.6 Å². The molecule has 0 aromatic heterocycles. The van der Waals surface area contributed by atoms with Gasteiger partial charge in [0.05, 0.1) is 4.90 Å². The number of benzene rings is 3. The largest absolute Gasteiger partial charge is 0.348 e. The molecule has 0 saturated heterocycles. The van der Waals surface area contributed by atoms with E-state index in [9.17, 15) is 13.2 Å². The van der Waals surface area contributed by atoms with Gasteiger partial charge in [-0.15, -0.1) is 0 Å². The first kappa shape index (κ1) is 18.8. The van der Waals surface area contributed by atoms with Crippen molar-refractivity contribution in [3.05, 3.63) is 90.0 Å². The fourth-order valence-corrected chi connectivity index (χ4v) is 3.57. The Morgan fingerprint density at radius 1 is 0.889 bits per heavy atom. The standard InChI is InChI=1S/C21H20N2O3S/c1-22-27(25,26)18-11-7-8-16(14-18)15-23-21(24)20-13-6-5-12-19(20)17-9-3-2-4-10-17/h2-14,22H,15H2,1H3,(H,23,24). The van der Waals surface area contributed by atoms with Crippen LogP contribution in [0, 0.1) is 0 Å². The van der Waals surface area contributed by atoms with Gasteiger partial charge in [-0.1, -0.05) is 60.7 Å². The zero-order chi connectivity index (χ0) is 19.3. The Hall–Kier alpha value is -2.96. The molecule has 0 aliphatic carbocycles. The van der Waals surface area contributed by atoms with Crippen LogP contribution in [0.4, 0.5) is 0 Å². The summed E-state index contributed by atoms with van der Waals surface area (Å²) < 4.78 is 26.1. The van der Waals surface area contributed by atoms with Crippen molar-refractivity contribution in [3.8, 4) is 11.1 Å². The third-order valence-corrected chi connectivity index (χ3v) is 5.60. The third-order valence-electron chi connectivity index (χ3n) is 4.19. The molecule has 0 saturated carbocycles. The second kappa shape index (κ2) is 8.16. The summed E-state index contributed by atoms with van der Waals surface area (Å²) in [5, 5.41) is 2.87. The maximum Gasteiger partial charge on any atom is 0.252 e. The lowest BCUT2D eigenvalue weighted by molar-refractivity contribution is 0.0951. The van der Waals surface area contributed by atoms with E-state index < -0.39 is 10.0 Å². The second-order valence-electron chi connectivity index (χ2n) is 5.95. The van der Waals surface area contributed by atoms with E-state index in [-0.39, 0.29) is 17.3 Å². The van der Waals surface area contributed by atoms with Crippen LogP contribution in [0.2, 0.25) is 0 Å². The summed E-state index contributed by atoms with van der Waals surface area (Å²) in [4.78, 5) is 12.9. The first-order valence-electron chi connectivity index (χ1n) is 8.46. The van der Waals surface area contributed by atoms with E-state index in [1.165, 1.54) is 13.1 Å². The van der Waals surface area contributed by atoms with Crippen LogP contribution >= 0.6 is 0 Å². The molecule has 0 fully saturated rings. The van der Waals surface area contributed by atoms with Crippen LogP contribution in [0.3, 0.4) is 0 Å². The number of hydrogen-bond donors (Lipinski definition) is 2. The smallest absolute Gasteiger partial charge is 0.252 e. The van der Waals surface area contributed by atoms with Crippen LogP contribution in [-0.4, -0.2) is 21.4 Å². The van der Waals surface area contributed by atoms with Gasteiger partial charge in [-0.3, -0.25) is 4.79 Å². The van der Waals surface area contributed by atoms with E-state index in [1.807, 2.05) is 48.5 Å². The topological polar surface area (TPSA) is 75.3 Å². The summed E-state index contributed by atoms with van der Waals surface area (Å²) in [5.74, 6) is -0.212. The van der Waals surface area contributed by atoms with Crippen molar-refractivity contribution in [1.29, 1.82) is 0 Å². The molecule has 3 rings (SSSR count). The van der Waals surface area contributed by atoms with Crippen molar-refractivity contribution in [2.45, 2.75) is 11.4 Å².